The van der Waals surface area contributed by atoms with Gasteiger partial charge in [0.25, 0.3) is 11.8 Å². The van der Waals surface area contributed by atoms with Crippen LogP contribution in [0.1, 0.15) is 31.8 Å². The molecular weight excluding hydrogens is 238 g/mol. The predicted octanol–water partition coefficient (Wildman–Crippen LogP) is 3.10. The minimum atomic E-state index is -0.241. The first kappa shape index (κ1) is 11.7. The quantitative estimate of drug-likeness (QED) is 0.730. The van der Waals surface area contributed by atoms with Gasteiger partial charge in [0.15, 0.2) is 0 Å². The number of amides is 2. The van der Waals surface area contributed by atoms with E-state index in [9.17, 15) is 9.59 Å². The molecule has 0 radical (unpaired) electrons. The maximum atomic E-state index is 12.4. The number of benzene rings is 2. The van der Waals surface area contributed by atoms with Gasteiger partial charge in [0.1, 0.15) is 0 Å². The van der Waals surface area contributed by atoms with Crippen LogP contribution >= 0.6 is 0 Å². The molecule has 0 spiro atoms. The van der Waals surface area contributed by atoms with Crippen LogP contribution in [0.15, 0.2) is 42.5 Å². The molecule has 2 aromatic rings. The normalized spacial score (nSPS) is 13.9. The molecule has 0 saturated heterocycles. The van der Waals surface area contributed by atoms with Gasteiger partial charge in [0.05, 0.1) is 16.8 Å². The van der Waals surface area contributed by atoms with E-state index in [-0.39, 0.29) is 11.8 Å². The molecule has 2 amide bonds. The lowest BCUT2D eigenvalue weighted by atomic mass is 10.0. The van der Waals surface area contributed by atoms with E-state index in [0.29, 0.717) is 16.8 Å². The van der Waals surface area contributed by atoms with Crippen molar-refractivity contribution in [2.75, 3.05) is 4.90 Å². The number of fused-ring (bicyclic) bond motifs is 1. The Bertz CT molecular complexity index is 648. The molecule has 0 fully saturated rings. The zero-order valence-corrected chi connectivity index (χ0v) is 10.8. The summed E-state index contributed by atoms with van der Waals surface area (Å²) in [7, 11) is 0. The van der Waals surface area contributed by atoms with Crippen molar-refractivity contribution in [1.82, 2.24) is 0 Å². The summed E-state index contributed by atoms with van der Waals surface area (Å²) < 4.78 is 0. The van der Waals surface area contributed by atoms with Crippen molar-refractivity contribution in [2.45, 2.75) is 13.8 Å². The van der Waals surface area contributed by atoms with Gasteiger partial charge in [-0.15, -0.1) is 0 Å². The van der Waals surface area contributed by atoms with Gasteiger partial charge in [-0.2, -0.15) is 0 Å². The molecule has 94 valence electrons. The SMILES string of the molecule is Cc1cc2c(cc1C)C(=O)N(c1ccccc1)C2=O. The van der Waals surface area contributed by atoms with Crippen LogP contribution in [0.25, 0.3) is 0 Å². The van der Waals surface area contributed by atoms with Crippen LogP contribution in [0, 0.1) is 13.8 Å². The Morgan fingerprint density at radius 2 is 1.26 bits per heavy atom. The standard InChI is InChI=1S/C16H13NO2/c1-10-8-13-14(9-11(10)2)16(19)17(15(13)18)12-6-4-3-5-7-12/h3-9H,1-2H3. The first-order valence-corrected chi connectivity index (χ1v) is 6.14. The zero-order chi connectivity index (χ0) is 13.6. The summed E-state index contributed by atoms with van der Waals surface area (Å²) in [6.07, 6.45) is 0. The maximum Gasteiger partial charge on any atom is 0.266 e. The van der Waals surface area contributed by atoms with Gasteiger partial charge < -0.3 is 0 Å². The van der Waals surface area contributed by atoms with E-state index in [0.717, 1.165) is 11.1 Å². The van der Waals surface area contributed by atoms with Gasteiger partial charge >= 0.3 is 0 Å². The van der Waals surface area contributed by atoms with Gasteiger partial charge in [0.2, 0.25) is 0 Å². The van der Waals surface area contributed by atoms with Gasteiger partial charge in [-0.05, 0) is 49.2 Å². The van der Waals surface area contributed by atoms with Crippen molar-refractivity contribution in [2.24, 2.45) is 0 Å². The van der Waals surface area contributed by atoms with Gasteiger partial charge in [-0.1, -0.05) is 18.2 Å². The monoisotopic (exact) mass is 251 g/mol. The summed E-state index contributed by atoms with van der Waals surface area (Å²) in [5.74, 6) is -0.483. The van der Waals surface area contributed by atoms with Crippen molar-refractivity contribution in [3.05, 3.63) is 64.7 Å². The lowest BCUT2D eigenvalue weighted by molar-refractivity contribution is 0.0926. The molecule has 0 bridgehead atoms. The van der Waals surface area contributed by atoms with Crippen molar-refractivity contribution in [3.8, 4) is 0 Å². The van der Waals surface area contributed by atoms with Crippen LogP contribution in [-0.2, 0) is 0 Å². The highest BCUT2D eigenvalue weighted by Gasteiger charge is 2.36. The molecule has 3 rings (SSSR count). The third-order valence-corrected chi connectivity index (χ3v) is 3.52. The Morgan fingerprint density at radius 3 is 1.74 bits per heavy atom. The third-order valence-electron chi connectivity index (χ3n) is 3.52. The molecule has 0 atom stereocenters. The second-order valence-corrected chi connectivity index (χ2v) is 4.76. The van der Waals surface area contributed by atoms with Crippen molar-refractivity contribution < 1.29 is 9.59 Å². The maximum absolute atomic E-state index is 12.4. The Balaban J connectivity index is 2.15. The molecule has 0 aromatic heterocycles. The smallest absolute Gasteiger partial charge is 0.266 e. The molecular formula is C16H13NO2. The molecule has 1 heterocycles. The van der Waals surface area contributed by atoms with E-state index in [1.807, 2.05) is 32.0 Å². The fourth-order valence-electron chi connectivity index (χ4n) is 2.31. The Morgan fingerprint density at radius 1 is 0.789 bits per heavy atom. The number of nitrogens with zero attached hydrogens (tertiary/aromatic N) is 1. The summed E-state index contributed by atoms with van der Waals surface area (Å²) in [4.78, 5) is 26.0. The van der Waals surface area contributed by atoms with Crippen LogP contribution in [0.4, 0.5) is 5.69 Å². The lowest BCUT2D eigenvalue weighted by Gasteiger charge is -2.13. The number of aryl methyl sites for hydroxylation is 2. The van der Waals surface area contributed by atoms with E-state index < -0.39 is 0 Å². The Labute approximate surface area is 111 Å². The number of anilines is 1. The summed E-state index contributed by atoms with van der Waals surface area (Å²) >= 11 is 0. The van der Waals surface area contributed by atoms with Gasteiger partial charge in [-0.3, -0.25) is 9.59 Å². The predicted molar refractivity (Wildman–Crippen MR) is 73.5 cm³/mol. The van der Waals surface area contributed by atoms with Crippen molar-refractivity contribution in [1.29, 1.82) is 0 Å². The minimum absolute atomic E-state index is 0.241. The highest BCUT2D eigenvalue weighted by Crippen LogP contribution is 2.29. The van der Waals surface area contributed by atoms with E-state index >= 15 is 0 Å². The molecule has 0 saturated carbocycles. The van der Waals surface area contributed by atoms with Crippen LogP contribution in [-0.4, -0.2) is 11.8 Å². The molecule has 19 heavy (non-hydrogen) atoms. The van der Waals surface area contributed by atoms with Crippen LogP contribution in [0.3, 0.4) is 0 Å². The number of para-hydroxylation sites is 1. The van der Waals surface area contributed by atoms with Crippen LogP contribution in [0.5, 0.6) is 0 Å². The summed E-state index contributed by atoms with van der Waals surface area (Å²) in [5, 5.41) is 0. The Kier molecular flexibility index (Phi) is 2.49. The van der Waals surface area contributed by atoms with Crippen LogP contribution < -0.4 is 4.90 Å². The third kappa shape index (κ3) is 1.66. The van der Waals surface area contributed by atoms with E-state index in [2.05, 4.69) is 0 Å². The van der Waals surface area contributed by atoms with Crippen LogP contribution in [0.2, 0.25) is 0 Å². The fraction of sp³-hybridized carbons (Fsp3) is 0.125. The number of carbonyl (C=O) groups excluding carboxylic acids is 2. The van der Waals surface area contributed by atoms with Gasteiger partial charge in [-0.25, -0.2) is 4.90 Å². The molecule has 2 aromatic carbocycles. The summed E-state index contributed by atoms with van der Waals surface area (Å²) in [5.41, 5.74) is 3.66. The molecule has 1 aliphatic rings. The molecule has 3 nitrogen and oxygen atoms in total. The molecule has 0 unspecified atom stereocenters. The van der Waals surface area contributed by atoms with Gasteiger partial charge in [0, 0.05) is 0 Å². The number of carbonyl (C=O) groups is 2. The Hall–Kier alpha value is -2.42. The second kappa shape index (κ2) is 4.05. The number of rotatable bonds is 1. The first-order valence-electron chi connectivity index (χ1n) is 6.14. The number of imide groups is 1. The number of hydrogen-bond acceptors (Lipinski definition) is 2. The summed E-state index contributed by atoms with van der Waals surface area (Å²) in [6.45, 7) is 3.89. The minimum Gasteiger partial charge on any atom is -0.268 e. The largest absolute Gasteiger partial charge is 0.268 e. The first-order chi connectivity index (χ1) is 9.09. The zero-order valence-electron chi connectivity index (χ0n) is 10.8. The molecule has 0 N–H and O–H groups in total. The average molecular weight is 251 g/mol. The number of hydrogen-bond donors (Lipinski definition) is 0. The average Bonchev–Trinajstić information content (AvgIpc) is 2.64. The van der Waals surface area contributed by atoms with Crippen molar-refractivity contribution >= 4 is 17.5 Å². The molecule has 3 heteroatoms. The topological polar surface area (TPSA) is 37.4 Å². The van der Waals surface area contributed by atoms with E-state index in [1.165, 1.54) is 4.90 Å². The second-order valence-electron chi connectivity index (χ2n) is 4.76. The van der Waals surface area contributed by atoms with E-state index in [4.69, 9.17) is 0 Å². The highest BCUT2D eigenvalue weighted by molar-refractivity contribution is 6.34. The molecule has 1 aliphatic heterocycles. The van der Waals surface area contributed by atoms with E-state index in [1.54, 1.807) is 24.3 Å². The molecule has 0 aliphatic carbocycles. The highest BCUT2D eigenvalue weighted by atomic mass is 16.2. The fourth-order valence-corrected chi connectivity index (χ4v) is 2.31. The summed E-state index contributed by atoms with van der Waals surface area (Å²) in [6, 6.07) is 12.6. The lowest BCUT2D eigenvalue weighted by Crippen LogP contribution is -2.29. The van der Waals surface area contributed by atoms with Crippen molar-refractivity contribution in [3.63, 3.8) is 0 Å².